The lowest BCUT2D eigenvalue weighted by Gasteiger charge is -2.34. The van der Waals surface area contributed by atoms with Crippen LogP contribution in [0.1, 0.15) is 18.9 Å². The van der Waals surface area contributed by atoms with Crippen molar-refractivity contribution in [2.45, 2.75) is 25.8 Å². The molecule has 1 fully saturated rings. The van der Waals surface area contributed by atoms with E-state index >= 15 is 0 Å². The van der Waals surface area contributed by atoms with Gasteiger partial charge in [-0.2, -0.15) is 0 Å². The number of halogens is 2. The molecule has 1 N–H and O–H groups in total. The number of rotatable bonds is 3. The lowest BCUT2D eigenvalue weighted by Crippen LogP contribution is -2.52. The van der Waals surface area contributed by atoms with Crippen LogP contribution in [-0.4, -0.2) is 36.5 Å². The second kappa shape index (κ2) is 7.88. The van der Waals surface area contributed by atoms with E-state index in [1.807, 2.05) is 23.1 Å². The summed E-state index contributed by atoms with van der Waals surface area (Å²) in [5, 5.41) is 3.30. The summed E-state index contributed by atoms with van der Waals surface area (Å²) in [6.45, 7) is 4.74. The second-order valence-electron chi connectivity index (χ2n) is 4.73. The van der Waals surface area contributed by atoms with Gasteiger partial charge in [0.15, 0.2) is 0 Å². The molecule has 2 rings (SSSR count). The first-order valence-corrected chi connectivity index (χ1v) is 7.21. The molecule has 0 radical (unpaired) electrons. The summed E-state index contributed by atoms with van der Waals surface area (Å²) in [5.74, 6) is 0.264. The zero-order valence-corrected chi connectivity index (χ0v) is 13.5. The highest BCUT2D eigenvalue weighted by Crippen LogP contribution is 2.18. The molecule has 3 nitrogen and oxygen atoms in total. The Balaban J connectivity index is 0.00000180. The summed E-state index contributed by atoms with van der Waals surface area (Å²) in [6, 6.07) is 8.41. The highest BCUT2D eigenvalue weighted by molar-refractivity contribution is 9.10. The number of hydrogen-bond acceptors (Lipinski definition) is 2. The Kier molecular flexibility index (Phi) is 6.83. The third-order valence-electron chi connectivity index (χ3n) is 3.39. The Morgan fingerprint density at radius 2 is 2.21 bits per heavy atom. The maximum absolute atomic E-state index is 12.2. The molecule has 1 aliphatic rings. The molecule has 0 spiro atoms. The number of aryl methyl sites for hydroxylation is 1. The Morgan fingerprint density at radius 1 is 1.47 bits per heavy atom. The molecular formula is C14H20BrClN2O. The van der Waals surface area contributed by atoms with E-state index in [9.17, 15) is 4.79 Å². The summed E-state index contributed by atoms with van der Waals surface area (Å²) in [6.07, 6.45) is 1.39. The van der Waals surface area contributed by atoms with Gasteiger partial charge in [0.05, 0.1) is 0 Å². The Bertz CT molecular complexity index is 428. The lowest BCUT2D eigenvalue weighted by atomic mass is 10.1. The summed E-state index contributed by atoms with van der Waals surface area (Å²) in [5.41, 5.74) is 1.20. The van der Waals surface area contributed by atoms with Crippen molar-refractivity contribution in [1.29, 1.82) is 0 Å². The quantitative estimate of drug-likeness (QED) is 0.911. The van der Waals surface area contributed by atoms with E-state index in [-0.39, 0.29) is 18.3 Å². The van der Waals surface area contributed by atoms with Gasteiger partial charge in [-0.1, -0.05) is 34.1 Å². The normalized spacial score (nSPS) is 18.8. The summed E-state index contributed by atoms with van der Waals surface area (Å²) in [7, 11) is 0. The van der Waals surface area contributed by atoms with Crippen LogP contribution < -0.4 is 5.32 Å². The van der Waals surface area contributed by atoms with E-state index in [2.05, 4.69) is 34.2 Å². The van der Waals surface area contributed by atoms with Gasteiger partial charge in [-0.3, -0.25) is 4.79 Å². The van der Waals surface area contributed by atoms with Gasteiger partial charge in [-0.15, -0.1) is 12.4 Å². The number of nitrogens with zero attached hydrogens (tertiary/aromatic N) is 1. The van der Waals surface area contributed by atoms with Crippen molar-refractivity contribution >= 4 is 34.2 Å². The minimum atomic E-state index is 0. The van der Waals surface area contributed by atoms with Crippen molar-refractivity contribution in [2.75, 3.05) is 19.6 Å². The van der Waals surface area contributed by atoms with Crippen molar-refractivity contribution in [3.05, 3.63) is 34.3 Å². The SMILES string of the molecule is CC1CNCCN1C(=O)CCc1ccccc1Br.Cl. The maximum atomic E-state index is 12.2. The average molecular weight is 348 g/mol. The number of nitrogens with one attached hydrogen (secondary N) is 1. The molecule has 1 aromatic rings. The van der Waals surface area contributed by atoms with Crippen LogP contribution in [-0.2, 0) is 11.2 Å². The maximum Gasteiger partial charge on any atom is 0.223 e. The highest BCUT2D eigenvalue weighted by Gasteiger charge is 2.22. The third kappa shape index (κ3) is 4.48. The molecule has 1 atom stereocenters. The van der Waals surface area contributed by atoms with Crippen LogP contribution in [0, 0.1) is 0 Å². The van der Waals surface area contributed by atoms with Crippen molar-refractivity contribution in [2.24, 2.45) is 0 Å². The molecule has 106 valence electrons. The Hall–Kier alpha value is -0.580. The molecule has 0 bridgehead atoms. The second-order valence-corrected chi connectivity index (χ2v) is 5.59. The van der Waals surface area contributed by atoms with Gasteiger partial charge in [0.2, 0.25) is 5.91 Å². The first-order chi connectivity index (χ1) is 8.68. The van der Waals surface area contributed by atoms with E-state index in [1.165, 1.54) is 5.56 Å². The van der Waals surface area contributed by atoms with Crippen molar-refractivity contribution in [1.82, 2.24) is 10.2 Å². The van der Waals surface area contributed by atoms with E-state index in [0.717, 1.165) is 30.5 Å². The van der Waals surface area contributed by atoms with Crippen LogP contribution in [0.3, 0.4) is 0 Å². The molecule has 1 aliphatic heterocycles. The monoisotopic (exact) mass is 346 g/mol. The number of piperazine rings is 1. The van der Waals surface area contributed by atoms with Crippen molar-refractivity contribution in [3.8, 4) is 0 Å². The molecule has 0 saturated carbocycles. The average Bonchev–Trinajstić information content (AvgIpc) is 2.38. The number of amides is 1. The van der Waals surface area contributed by atoms with Crippen LogP contribution in [0.5, 0.6) is 0 Å². The highest BCUT2D eigenvalue weighted by atomic mass is 79.9. The van der Waals surface area contributed by atoms with E-state index in [4.69, 9.17) is 0 Å². The number of carbonyl (C=O) groups excluding carboxylic acids is 1. The third-order valence-corrected chi connectivity index (χ3v) is 4.16. The van der Waals surface area contributed by atoms with E-state index < -0.39 is 0 Å². The largest absolute Gasteiger partial charge is 0.337 e. The number of carbonyl (C=O) groups is 1. The van der Waals surface area contributed by atoms with E-state index in [0.29, 0.717) is 12.5 Å². The lowest BCUT2D eigenvalue weighted by molar-refractivity contribution is -0.133. The molecular weight excluding hydrogens is 328 g/mol. The standard InChI is InChI=1S/C14H19BrN2O.ClH/c1-11-10-16-8-9-17(11)14(18)7-6-12-4-2-3-5-13(12)15;/h2-5,11,16H,6-10H2,1H3;1H. The molecule has 1 amide bonds. The molecule has 5 heteroatoms. The number of hydrogen-bond donors (Lipinski definition) is 1. The van der Waals surface area contributed by atoms with Crippen LogP contribution in [0.4, 0.5) is 0 Å². The van der Waals surface area contributed by atoms with Crippen LogP contribution in [0.2, 0.25) is 0 Å². The van der Waals surface area contributed by atoms with Gasteiger partial charge >= 0.3 is 0 Å². The predicted molar refractivity (Wildman–Crippen MR) is 83.8 cm³/mol. The van der Waals surface area contributed by atoms with Crippen LogP contribution >= 0.6 is 28.3 Å². The molecule has 0 aromatic heterocycles. The van der Waals surface area contributed by atoms with Gasteiger partial charge in [0, 0.05) is 36.6 Å². The fourth-order valence-corrected chi connectivity index (χ4v) is 2.78. The van der Waals surface area contributed by atoms with Crippen molar-refractivity contribution < 1.29 is 4.79 Å². The summed E-state index contributed by atoms with van der Waals surface area (Å²) < 4.78 is 1.09. The van der Waals surface area contributed by atoms with Crippen LogP contribution in [0.15, 0.2) is 28.7 Å². The Labute approximate surface area is 129 Å². The molecule has 1 heterocycles. The fourth-order valence-electron chi connectivity index (χ4n) is 2.30. The molecule has 0 aliphatic carbocycles. The van der Waals surface area contributed by atoms with Gasteiger partial charge < -0.3 is 10.2 Å². The van der Waals surface area contributed by atoms with Gasteiger partial charge in [-0.25, -0.2) is 0 Å². The minimum absolute atomic E-state index is 0. The van der Waals surface area contributed by atoms with Gasteiger partial charge in [0.25, 0.3) is 0 Å². The zero-order chi connectivity index (χ0) is 13.0. The predicted octanol–water partition coefficient (Wildman–Crippen LogP) is 2.62. The first kappa shape index (κ1) is 16.5. The Morgan fingerprint density at radius 3 is 2.89 bits per heavy atom. The minimum Gasteiger partial charge on any atom is -0.337 e. The smallest absolute Gasteiger partial charge is 0.223 e. The van der Waals surface area contributed by atoms with Gasteiger partial charge in [0.1, 0.15) is 0 Å². The fraction of sp³-hybridized carbons (Fsp3) is 0.500. The van der Waals surface area contributed by atoms with Crippen LogP contribution in [0.25, 0.3) is 0 Å². The summed E-state index contributed by atoms with van der Waals surface area (Å²) >= 11 is 3.52. The zero-order valence-electron chi connectivity index (χ0n) is 11.1. The molecule has 1 saturated heterocycles. The molecule has 1 unspecified atom stereocenters. The molecule has 19 heavy (non-hydrogen) atoms. The topological polar surface area (TPSA) is 32.3 Å². The first-order valence-electron chi connectivity index (χ1n) is 6.42. The summed E-state index contributed by atoms with van der Waals surface area (Å²) in [4.78, 5) is 14.2. The number of benzene rings is 1. The molecule has 1 aromatic carbocycles. The van der Waals surface area contributed by atoms with E-state index in [1.54, 1.807) is 0 Å². The van der Waals surface area contributed by atoms with Gasteiger partial charge in [-0.05, 0) is 25.0 Å². The van der Waals surface area contributed by atoms with Crippen molar-refractivity contribution in [3.63, 3.8) is 0 Å².